The quantitative estimate of drug-likeness (QED) is 0.809. The highest BCUT2D eigenvalue weighted by molar-refractivity contribution is 5.88. The van der Waals surface area contributed by atoms with Crippen molar-refractivity contribution in [3.8, 4) is 0 Å². The number of amides is 1. The molecule has 0 aromatic heterocycles. The van der Waals surface area contributed by atoms with Gasteiger partial charge in [-0.1, -0.05) is 13.8 Å². The summed E-state index contributed by atoms with van der Waals surface area (Å²) in [5.74, 6) is 2.34. The molecule has 2 rings (SSSR count). The standard InChI is InChI=1S/C16H29N3O2/c1-11-6-7-13(12(11)2)18-14-10-19(9-8-17-14)15(20)21-16(3,4)5/h11-13H,6-10H2,1-5H3,(H,17,18). The minimum atomic E-state index is -0.450. The Morgan fingerprint density at radius 3 is 2.62 bits per heavy atom. The second kappa shape index (κ2) is 6.24. The summed E-state index contributed by atoms with van der Waals surface area (Å²) in [7, 11) is 0. The Kier molecular flexibility index (Phi) is 4.79. The lowest BCUT2D eigenvalue weighted by molar-refractivity contribution is 0.0276. The van der Waals surface area contributed by atoms with Gasteiger partial charge in [-0.3, -0.25) is 9.89 Å². The van der Waals surface area contributed by atoms with E-state index in [2.05, 4.69) is 24.2 Å². The first-order chi connectivity index (χ1) is 9.76. The van der Waals surface area contributed by atoms with E-state index in [0.717, 1.165) is 11.8 Å². The molecule has 0 aromatic rings. The van der Waals surface area contributed by atoms with Crippen LogP contribution in [0.1, 0.15) is 47.5 Å². The largest absolute Gasteiger partial charge is 0.444 e. The van der Waals surface area contributed by atoms with Gasteiger partial charge in [0.25, 0.3) is 0 Å². The van der Waals surface area contributed by atoms with Crippen LogP contribution in [0, 0.1) is 11.8 Å². The van der Waals surface area contributed by atoms with E-state index in [9.17, 15) is 4.79 Å². The summed E-state index contributed by atoms with van der Waals surface area (Å²) in [6.07, 6.45) is 2.21. The van der Waals surface area contributed by atoms with E-state index >= 15 is 0 Å². The fourth-order valence-electron chi connectivity index (χ4n) is 2.97. The van der Waals surface area contributed by atoms with Gasteiger partial charge in [0.15, 0.2) is 0 Å². The van der Waals surface area contributed by atoms with Crippen LogP contribution in [0.5, 0.6) is 0 Å². The minimum absolute atomic E-state index is 0.246. The minimum Gasteiger partial charge on any atom is -0.444 e. The summed E-state index contributed by atoms with van der Waals surface area (Å²) >= 11 is 0. The van der Waals surface area contributed by atoms with E-state index in [4.69, 9.17) is 4.74 Å². The van der Waals surface area contributed by atoms with Crippen LogP contribution in [-0.2, 0) is 4.74 Å². The molecular weight excluding hydrogens is 266 g/mol. The van der Waals surface area contributed by atoms with Crippen LogP contribution in [0.25, 0.3) is 0 Å². The molecule has 3 unspecified atom stereocenters. The predicted molar refractivity (Wildman–Crippen MR) is 84.6 cm³/mol. The highest BCUT2D eigenvalue weighted by Gasteiger charge is 2.32. The molecule has 120 valence electrons. The molecule has 5 nitrogen and oxygen atoms in total. The van der Waals surface area contributed by atoms with Gasteiger partial charge in [0.1, 0.15) is 11.4 Å². The zero-order valence-electron chi connectivity index (χ0n) is 14.0. The summed E-state index contributed by atoms with van der Waals surface area (Å²) in [4.78, 5) is 18.4. The van der Waals surface area contributed by atoms with Gasteiger partial charge in [0, 0.05) is 12.6 Å². The van der Waals surface area contributed by atoms with Crippen LogP contribution in [0.4, 0.5) is 4.79 Å². The van der Waals surface area contributed by atoms with E-state index in [1.165, 1.54) is 12.8 Å². The lowest BCUT2D eigenvalue weighted by atomic mass is 9.98. The van der Waals surface area contributed by atoms with Crippen LogP contribution < -0.4 is 5.32 Å². The number of rotatable bonds is 1. The Hall–Kier alpha value is -1.26. The van der Waals surface area contributed by atoms with Crippen LogP contribution in [0.3, 0.4) is 0 Å². The summed E-state index contributed by atoms with van der Waals surface area (Å²) in [5.41, 5.74) is -0.450. The summed E-state index contributed by atoms with van der Waals surface area (Å²) in [6, 6.07) is 0.484. The summed E-state index contributed by atoms with van der Waals surface area (Å²) in [6.45, 7) is 12.1. The molecular formula is C16H29N3O2. The molecule has 1 N–H and O–H groups in total. The molecule has 0 radical (unpaired) electrons. The van der Waals surface area contributed by atoms with Crippen molar-refractivity contribution in [1.29, 1.82) is 0 Å². The van der Waals surface area contributed by atoms with Gasteiger partial charge in [0.05, 0.1) is 13.1 Å². The molecule has 3 atom stereocenters. The third-order valence-corrected chi connectivity index (χ3v) is 4.48. The Balaban J connectivity index is 1.89. The molecule has 1 saturated carbocycles. The molecule has 1 fully saturated rings. The Labute approximate surface area is 128 Å². The van der Waals surface area contributed by atoms with E-state index in [-0.39, 0.29) is 6.09 Å². The van der Waals surface area contributed by atoms with E-state index in [1.807, 2.05) is 20.8 Å². The van der Waals surface area contributed by atoms with Gasteiger partial charge >= 0.3 is 6.09 Å². The van der Waals surface area contributed by atoms with E-state index in [0.29, 0.717) is 31.6 Å². The van der Waals surface area contributed by atoms with Crippen LogP contribution >= 0.6 is 0 Å². The molecule has 0 bridgehead atoms. The molecule has 1 aliphatic heterocycles. The fourth-order valence-corrected chi connectivity index (χ4v) is 2.97. The number of amidine groups is 1. The molecule has 0 saturated heterocycles. The van der Waals surface area contributed by atoms with Gasteiger partial charge in [-0.25, -0.2) is 4.79 Å². The Morgan fingerprint density at radius 2 is 2.05 bits per heavy atom. The number of ether oxygens (including phenoxy) is 1. The molecule has 2 aliphatic rings. The summed E-state index contributed by atoms with van der Waals surface area (Å²) in [5, 5.41) is 3.55. The molecule has 0 aromatic carbocycles. The molecule has 5 heteroatoms. The van der Waals surface area contributed by atoms with Crippen LogP contribution in [0.15, 0.2) is 4.99 Å². The van der Waals surface area contributed by atoms with E-state index in [1.54, 1.807) is 4.90 Å². The second-order valence-electron chi connectivity index (χ2n) is 7.39. The number of carbonyl (C=O) groups is 1. The second-order valence-corrected chi connectivity index (χ2v) is 7.39. The number of hydrogen-bond acceptors (Lipinski definition) is 4. The normalized spacial score (nSPS) is 30.0. The van der Waals surface area contributed by atoms with Crippen LogP contribution in [-0.4, -0.2) is 48.1 Å². The molecule has 21 heavy (non-hydrogen) atoms. The van der Waals surface area contributed by atoms with Gasteiger partial charge in [0.2, 0.25) is 0 Å². The lowest BCUT2D eigenvalue weighted by Crippen LogP contribution is -2.49. The third-order valence-electron chi connectivity index (χ3n) is 4.48. The number of nitrogens with zero attached hydrogens (tertiary/aromatic N) is 2. The van der Waals surface area contributed by atoms with Crippen molar-refractivity contribution in [2.24, 2.45) is 16.8 Å². The Morgan fingerprint density at radius 1 is 1.33 bits per heavy atom. The van der Waals surface area contributed by atoms with Crippen molar-refractivity contribution < 1.29 is 9.53 Å². The Bertz CT molecular complexity index is 414. The maximum atomic E-state index is 12.1. The van der Waals surface area contributed by atoms with Crippen molar-refractivity contribution in [1.82, 2.24) is 10.2 Å². The average Bonchev–Trinajstić information content (AvgIpc) is 2.69. The monoisotopic (exact) mass is 295 g/mol. The smallest absolute Gasteiger partial charge is 0.410 e. The first-order valence-corrected chi connectivity index (χ1v) is 8.04. The average molecular weight is 295 g/mol. The number of nitrogens with one attached hydrogen (secondary N) is 1. The summed E-state index contributed by atoms with van der Waals surface area (Å²) < 4.78 is 5.44. The maximum Gasteiger partial charge on any atom is 0.410 e. The van der Waals surface area contributed by atoms with Crippen molar-refractivity contribution in [2.75, 3.05) is 19.6 Å². The highest BCUT2D eigenvalue weighted by Crippen LogP contribution is 2.31. The van der Waals surface area contributed by atoms with Gasteiger partial charge in [-0.15, -0.1) is 0 Å². The fraction of sp³-hybridized carbons (Fsp3) is 0.875. The SMILES string of the molecule is CC1CCC(NC2=NCCN(C(=O)OC(C)(C)C)C2)C1C. The zero-order valence-corrected chi connectivity index (χ0v) is 14.0. The third kappa shape index (κ3) is 4.35. The molecule has 1 amide bonds. The predicted octanol–water partition coefficient (Wildman–Crippen LogP) is 2.66. The van der Waals surface area contributed by atoms with Crippen LogP contribution in [0.2, 0.25) is 0 Å². The molecule has 0 spiro atoms. The lowest BCUT2D eigenvalue weighted by Gasteiger charge is -2.31. The van der Waals surface area contributed by atoms with Crippen molar-refractivity contribution in [3.63, 3.8) is 0 Å². The van der Waals surface area contributed by atoms with Crippen molar-refractivity contribution >= 4 is 11.9 Å². The van der Waals surface area contributed by atoms with Gasteiger partial charge < -0.3 is 10.1 Å². The van der Waals surface area contributed by atoms with Crippen molar-refractivity contribution in [2.45, 2.75) is 59.1 Å². The van der Waals surface area contributed by atoms with Gasteiger partial charge in [-0.05, 0) is 45.4 Å². The van der Waals surface area contributed by atoms with Crippen molar-refractivity contribution in [3.05, 3.63) is 0 Å². The topological polar surface area (TPSA) is 53.9 Å². The number of hydrogen-bond donors (Lipinski definition) is 1. The first kappa shape index (κ1) is 16.1. The number of carbonyl (C=O) groups excluding carboxylic acids is 1. The zero-order chi connectivity index (χ0) is 15.6. The molecule has 1 aliphatic carbocycles. The first-order valence-electron chi connectivity index (χ1n) is 8.04. The van der Waals surface area contributed by atoms with Gasteiger partial charge in [-0.2, -0.15) is 0 Å². The maximum absolute atomic E-state index is 12.1. The molecule has 1 heterocycles. The highest BCUT2D eigenvalue weighted by atomic mass is 16.6. The number of aliphatic imine (C=N–C) groups is 1. The van der Waals surface area contributed by atoms with E-state index < -0.39 is 5.60 Å².